The van der Waals surface area contributed by atoms with Crippen molar-refractivity contribution in [3.05, 3.63) is 23.8 Å². The van der Waals surface area contributed by atoms with Gasteiger partial charge in [0.2, 0.25) is 0 Å². The van der Waals surface area contributed by atoms with E-state index in [1.807, 2.05) is 7.05 Å². The molecule has 116 valence electrons. The molecule has 4 nitrogen and oxygen atoms in total. The van der Waals surface area contributed by atoms with E-state index in [0.717, 1.165) is 18.5 Å². The summed E-state index contributed by atoms with van der Waals surface area (Å²) >= 11 is 0. The molecule has 0 aliphatic heterocycles. The second-order valence-corrected chi connectivity index (χ2v) is 4.59. The third-order valence-electron chi connectivity index (χ3n) is 2.80. The van der Waals surface area contributed by atoms with Crippen molar-refractivity contribution in [1.82, 2.24) is 4.90 Å². The Morgan fingerprint density at radius 1 is 1.33 bits per heavy atom. The molecule has 0 bridgehead atoms. The summed E-state index contributed by atoms with van der Waals surface area (Å²) in [6.07, 6.45) is 1.33. The maximum absolute atomic E-state index is 12.3. The van der Waals surface area contributed by atoms with Crippen LogP contribution in [-0.4, -0.2) is 31.7 Å². The molecule has 1 rings (SSSR count). The number of hydrogen-bond acceptors (Lipinski definition) is 4. The van der Waals surface area contributed by atoms with Gasteiger partial charge in [-0.3, -0.25) is 0 Å². The lowest BCUT2D eigenvalue weighted by atomic mass is 10.2. The summed E-state index contributed by atoms with van der Waals surface area (Å²) in [5.41, 5.74) is 0.944. The zero-order valence-corrected chi connectivity index (χ0v) is 12.3. The number of halogens is 2. The van der Waals surface area contributed by atoms with Gasteiger partial charge in [0.1, 0.15) is 0 Å². The normalized spacial score (nSPS) is 10.7. The van der Waals surface area contributed by atoms with Gasteiger partial charge < -0.3 is 14.4 Å². The van der Waals surface area contributed by atoms with Gasteiger partial charge in [-0.2, -0.15) is 14.0 Å². The number of benzene rings is 1. The molecule has 0 fully saturated rings. The molecule has 0 spiro atoms. The van der Waals surface area contributed by atoms with Gasteiger partial charge in [0.15, 0.2) is 11.5 Å². The first-order valence-corrected chi connectivity index (χ1v) is 6.82. The van der Waals surface area contributed by atoms with Crippen LogP contribution in [0.25, 0.3) is 0 Å². The van der Waals surface area contributed by atoms with E-state index in [2.05, 4.69) is 15.7 Å². The topological polar surface area (TPSA) is 45.5 Å². The van der Waals surface area contributed by atoms with Gasteiger partial charge in [-0.15, -0.1) is 0 Å². The van der Waals surface area contributed by atoms with Crippen molar-refractivity contribution in [3.8, 4) is 17.6 Å². The van der Waals surface area contributed by atoms with E-state index in [1.54, 1.807) is 19.1 Å². The average Bonchev–Trinajstić information content (AvgIpc) is 2.42. The highest BCUT2D eigenvalue weighted by molar-refractivity contribution is 5.43. The average molecular weight is 298 g/mol. The van der Waals surface area contributed by atoms with Crippen LogP contribution in [0.3, 0.4) is 0 Å². The van der Waals surface area contributed by atoms with Crippen LogP contribution in [0.1, 0.15) is 25.3 Å². The summed E-state index contributed by atoms with van der Waals surface area (Å²) in [4.78, 5) is 2.07. The molecule has 0 saturated carbocycles. The van der Waals surface area contributed by atoms with E-state index >= 15 is 0 Å². The molecule has 0 atom stereocenters. The summed E-state index contributed by atoms with van der Waals surface area (Å²) in [5, 5.41) is 8.51. The third kappa shape index (κ3) is 6.41. The molecular weight excluding hydrogens is 278 g/mol. The Morgan fingerprint density at radius 3 is 2.71 bits per heavy atom. The van der Waals surface area contributed by atoms with Crippen molar-refractivity contribution in [2.75, 3.05) is 20.2 Å². The first-order chi connectivity index (χ1) is 10.1. The molecule has 0 saturated heterocycles. The quantitative estimate of drug-likeness (QED) is 0.655. The Kier molecular flexibility index (Phi) is 7.48. The fourth-order valence-electron chi connectivity index (χ4n) is 1.93. The maximum atomic E-state index is 12.3. The number of nitriles is 1. The van der Waals surface area contributed by atoms with Crippen LogP contribution >= 0.6 is 0 Å². The number of rotatable bonds is 9. The highest BCUT2D eigenvalue weighted by Gasteiger charge is 2.12. The van der Waals surface area contributed by atoms with Crippen LogP contribution in [0.15, 0.2) is 18.2 Å². The lowest BCUT2D eigenvalue weighted by Crippen LogP contribution is -2.19. The highest BCUT2D eigenvalue weighted by atomic mass is 19.3. The van der Waals surface area contributed by atoms with Gasteiger partial charge in [-0.25, -0.2) is 0 Å². The Morgan fingerprint density at radius 2 is 2.10 bits per heavy atom. The summed E-state index contributed by atoms with van der Waals surface area (Å²) < 4.78 is 34.4. The molecular formula is C15H20F2N2O2. The van der Waals surface area contributed by atoms with Gasteiger partial charge >= 0.3 is 6.61 Å². The summed E-state index contributed by atoms with van der Waals surface area (Å²) in [7, 11) is 1.95. The summed E-state index contributed by atoms with van der Waals surface area (Å²) in [6.45, 7) is 0.741. The zero-order chi connectivity index (χ0) is 15.7. The number of unbranched alkanes of at least 4 members (excludes halogenated alkanes) is 1. The molecule has 0 heterocycles. The van der Waals surface area contributed by atoms with Crippen LogP contribution in [0.4, 0.5) is 8.78 Å². The van der Waals surface area contributed by atoms with Crippen molar-refractivity contribution in [3.63, 3.8) is 0 Å². The minimum atomic E-state index is -2.87. The smallest absolute Gasteiger partial charge is 0.387 e. The first kappa shape index (κ1) is 17.2. The van der Waals surface area contributed by atoms with Gasteiger partial charge in [-0.05, 0) is 44.6 Å². The van der Waals surface area contributed by atoms with Crippen molar-refractivity contribution in [2.45, 2.75) is 32.9 Å². The van der Waals surface area contributed by atoms with Gasteiger partial charge in [0.25, 0.3) is 0 Å². The minimum Gasteiger partial charge on any atom is -0.490 e. The molecule has 0 amide bonds. The molecule has 0 unspecified atom stereocenters. The molecule has 1 aromatic carbocycles. The predicted molar refractivity (Wildman–Crippen MR) is 75.4 cm³/mol. The number of ether oxygens (including phenoxy) is 2. The molecule has 1 aromatic rings. The molecule has 0 radical (unpaired) electrons. The van der Waals surface area contributed by atoms with E-state index in [1.165, 1.54) is 6.07 Å². The molecule has 0 aliphatic carbocycles. The Hall–Kier alpha value is -1.87. The van der Waals surface area contributed by atoms with Gasteiger partial charge in [0.05, 0.1) is 12.7 Å². The van der Waals surface area contributed by atoms with Crippen molar-refractivity contribution in [1.29, 1.82) is 5.26 Å². The van der Waals surface area contributed by atoms with Gasteiger partial charge in [-0.1, -0.05) is 6.07 Å². The van der Waals surface area contributed by atoms with Gasteiger partial charge in [0, 0.05) is 13.0 Å². The SMILES string of the molecule is CCOc1cc(CN(C)CCCC#N)ccc1OC(F)F. The maximum Gasteiger partial charge on any atom is 0.387 e. The summed E-state index contributed by atoms with van der Waals surface area (Å²) in [6, 6.07) is 7.05. The van der Waals surface area contributed by atoms with Crippen LogP contribution in [0, 0.1) is 11.3 Å². The van der Waals surface area contributed by atoms with Crippen molar-refractivity contribution < 1.29 is 18.3 Å². The van der Waals surface area contributed by atoms with E-state index in [-0.39, 0.29) is 5.75 Å². The number of hydrogen-bond donors (Lipinski definition) is 0. The van der Waals surface area contributed by atoms with E-state index in [0.29, 0.717) is 25.3 Å². The molecule has 6 heteroatoms. The van der Waals surface area contributed by atoms with E-state index < -0.39 is 6.61 Å². The lowest BCUT2D eigenvalue weighted by Gasteiger charge is -2.17. The van der Waals surface area contributed by atoms with E-state index in [4.69, 9.17) is 10.00 Å². The predicted octanol–water partition coefficient (Wildman–Crippen LogP) is 3.42. The van der Waals surface area contributed by atoms with Crippen LogP contribution < -0.4 is 9.47 Å². The molecule has 0 N–H and O–H groups in total. The van der Waals surface area contributed by atoms with Crippen LogP contribution in [-0.2, 0) is 6.54 Å². The number of alkyl halides is 2. The standard InChI is InChI=1S/C15H20F2N2O2/c1-3-20-14-10-12(6-7-13(14)21-15(16)17)11-19(2)9-5-4-8-18/h6-7,10,15H,3-5,9,11H2,1-2H3. The Balaban J connectivity index is 2.71. The second-order valence-electron chi connectivity index (χ2n) is 4.59. The van der Waals surface area contributed by atoms with E-state index in [9.17, 15) is 8.78 Å². The Labute approximate surface area is 123 Å². The lowest BCUT2D eigenvalue weighted by molar-refractivity contribution is -0.0514. The van der Waals surface area contributed by atoms with Crippen LogP contribution in [0.2, 0.25) is 0 Å². The number of nitrogens with zero attached hydrogens (tertiary/aromatic N) is 2. The largest absolute Gasteiger partial charge is 0.490 e. The van der Waals surface area contributed by atoms with Crippen molar-refractivity contribution in [2.24, 2.45) is 0 Å². The monoisotopic (exact) mass is 298 g/mol. The Bertz CT molecular complexity index is 475. The van der Waals surface area contributed by atoms with Crippen molar-refractivity contribution >= 4 is 0 Å². The molecule has 0 aromatic heterocycles. The minimum absolute atomic E-state index is 0.0442. The highest BCUT2D eigenvalue weighted by Crippen LogP contribution is 2.30. The molecule has 21 heavy (non-hydrogen) atoms. The first-order valence-electron chi connectivity index (χ1n) is 6.82. The van der Waals surface area contributed by atoms with Crippen LogP contribution in [0.5, 0.6) is 11.5 Å². The zero-order valence-electron chi connectivity index (χ0n) is 12.3. The fourth-order valence-corrected chi connectivity index (χ4v) is 1.93. The fraction of sp³-hybridized carbons (Fsp3) is 0.533. The third-order valence-corrected chi connectivity index (χ3v) is 2.80. The second kappa shape index (κ2) is 9.14. The molecule has 0 aliphatic rings. The summed E-state index contributed by atoms with van der Waals surface area (Å²) in [5.74, 6) is 0.364.